The van der Waals surface area contributed by atoms with Gasteiger partial charge in [-0.15, -0.1) is 0 Å². The van der Waals surface area contributed by atoms with Crippen molar-refractivity contribution in [3.8, 4) is 11.8 Å². The number of rotatable bonds is 4. The number of benzene rings is 2. The monoisotopic (exact) mass is 358 g/mol. The second-order valence-electron chi connectivity index (χ2n) is 7.06. The molecule has 1 aromatic heterocycles. The fourth-order valence-corrected chi connectivity index (χ4v) is 3.34. The van der Waals surface area contributed by atoms with Gasteiger partial charge < -0.3 is 4.57 Å². The summed E-state index contributed by atoms with van der Waals surface area (Å²) in [5.74, 6) is 0.103. The average Bonchev–Trinajstić information content (AvgIpc) is 2.93. The zero-order valence-electron chi connectivity index (χ0n) is 16.1. The first-order valence-corrected chi connectivity index (χ1v) is 9.08. The van der Waals surface area contributed by atoms with Gasteiger partial charge in [-0.25, -0.2) is 4.39 Å². The van der Waals surface area contributed by atoms with Crippen LogP contribution in [0.1, 0.15) is 47.8 Å². The first-order valence-electron chi connectivity index (χ1n) is 9.08. The number of hydrogen-bond acceptors (Lipinski definition) is 1. The van der Waals surface area contributed by atoms with Gasteiger partial charge in [-0.3, -0.25) is 0 Å². The second-order valence-corrected chi connectivity index (χ2v) is 7.06. The van der Waals surface area contributed by atoms with Crippen LogP contribution in [0.25, 0.3) is 17.3 Å². The zero-order valence-corrected chi connectivity index (χ0v) is 16.1. The molecule has 3 rings (SSSR count). The van der Waals surface area contributed by atoms with E-state index in [2.05, 4.69) is 48.7 Å². The summed E-state index contributed by atoms with van der Waals surface area (Å²) in [6.07, 6.45) is 1.76. The Morgan fingerprint density at radius 2 is 1.74 bits per heavy atom. The van der Waals surface area contributed by atoms with E-state index in [1.807, 2.05) is 19.9 Å². The Morgan fingerprint density at radius 1 is 1.07 bits per heavy atom. The Labute approximate surface area is 160 Å². The number of nitriles is 1. The summed E-state index contributed by atoms with van der Waals surface area (Å²) in [5.41, 5.74) is 6.04. The minimum absolute atomic E-state index is 0.323. The van der Waals surface area contributed by atoms with Crippen LogP contribution in [0.15, 0.2) is 54.6 Å². The van der Waals surface area contributed by atoms with Gasteiger partial charge in [-0.05, 0) is 61.2 Å². The van der Waals surface area contributed by atoms with Gasteiger partial charge in [0.05, 0.1) is 11.6 Å². The third-order valence-electron chi connectivity index (χ3n) is 4.87. The summed E-state index contributed by atoms with van der Waals surface area (Å²) in [5, 5.41) is 9.54. The quantitative estimate of drug-likeness (QED) is 0.495. The van der Waals surface area contributed by atoms with Crippen molar-refractivity contribution in [3.05, 3.63) is 88.5 Å². The van der Waals surface area contributed by atoms with E-state index in [0.29, 0.717) is 17.1 Å². The Balaban J connectivity index is 2.05. The Morgan fingerprint density at radius 3 is 2.33 bits per heavy atom. The highest BCUT2D eigenvalue weighted by Crippen LogP contribution is 2.27. The van der Waals surface area contributed by atoms with E-state index in [9.17, 15) is 9.65 Å². The van der Waals surface area contributed by atoms with Crippen LogP contribution in [0, 0.1) is 31.0 Å². The van der Waals surface area contributed by atoms with E-state index in [-0.39, 0.29) is 5.82 Å². The van der Waals surface area contributed by atoms with Crippen molar-refractivity contribution in [1.82, 2.24) is 4.57 Å². The molecule has 0 saturated heterocycles. The van der Waals surface area contributed by atoms with Crippen LogP contribution in [0.4, 0.5) is 4.39 Å². The first kappa shape index (κ1) is 18.7. The summed E-state index contributed by atoms with van der Waals surface area (Å²) in [4.78, 5) is 0. The van der Waals surface area contributed by atoms with E-state index >= 15 is 0 Å². The molecule has 2 aromatic carbocycles. The van der Waals surface area contributed by atoms with Gasteiger partial charge in [0.15, 0.2) is 0 Å². The van der Waals surface area contributed by atoms with Gasteiger partial charge in [0.2, 0.25) is 0 Å². The summed E-state index contributed by atoms with van der Waals surface area (Å²) >= 11 is 0. The molecule has 0 N–H and O–H groups in total. The minimum Gasteiger partial charge on any atom is -0.318 e. The predicted molar refractivity (Wildman–Crippen MR) is 109 cm³/mol. The van der Waals surface area contributed by atoms with Crippen molar-refractivity contribution < 1.29 is 4.39 Å². The van der Waals surface area contributed by atoms with Crippen LogP contribution in [0.3, 0.4) is 0 Å². The lowest BCUT2D eigenvalue weighted by molar-refractivity contribution is 0.624. The van der Waals surface area contributed by atoms with Gasteiger partial charge in [-0.2, -0.15) is 5.26 Å². The molecule has 0 atom stereocenters. The molecule has 2 nitrogen and oxygen atoms in total. The Hall–Kier alpha value is -3.12. The maximum Gasteiger partial charge on any atom is 0.131 e. The first-order chi connectivity index (χ1) is 12.9. The number of aromatic nitrogens is 1. The lowest BCUT2D eigenvalue weighted by Crippen LogP contribution is -1.99. The Bertz CT molecular complexity index is 1030. The fourth-order valence-electron chi connectivity index (χ4n) is 3.34. The molecular weight excluding hydrogens is 335 g/mol. The highest BCUT2D eigenvalue weighted by atomic mass is 19.1. The van der Waals surface area contributed by atoms with Crippen molar-refractivity contribution in [2.75, 3.05) is 0 Å². The largest absolute Gasteiger partial charge is 0.318 e. The van der Waals surface area contributed by atoms with Crippen LogP contribution < -0.4 is 0 Å². The number of nitrogens with zero attached hydrogens (tertiary/aromatic N) is 2. The fraction of sp³-hybridized carbons (Fsp3) is 0.208. The molecule has 1 heterocycles. The van der Waals surface area contributed by atoms with E-state index in [1.165, 1.54) is 11.6 Å². The molecule has 136 valence electrons. The molecule has 0 spiro atoms. The molecule has 0 aliphatic carbocycles. The van der Waals surface area contributed by atoms with Gasteiger partial charge >= 0.3 is 0 Å². The van der Waals surface area contributed by atoms with Crippen molar-refractivity contribution in [1.29, 1.82) is 5.26 Å². The van der Waals surface area contributed by atoms with Gasteiger partial charge in [0.1, 0.15) is 5.82 Å². The van der Waals surface area contributed by atoms with Crippen molar-refractivity contribution in [3.63, 3.8) is 0 Å². The number of aryl methyl sites for hydroxylation is 1. The molecule has 3 heteroatoms. The van der Waals surface area contributed by atoms with E-state index in [4.69, 9.17) is 0 Å². The highest BCUT2D eigenvalue weighted by Gasteiger charge is 2.13. The predicted octanol–water partition coefficient (Wildman–Crippen LogP) is 6.42. The van der Waals surface area contributed by atoms with Crippen LogP contribution in [-0.4, -0.2) is 4.57 Å². The lowest BCUT2D eigenvalue weighted by Gasteiger charge is -2.12. The maximum absolute atomic E-state index is 14.1. The number of hydrogen-bond donors (Lipinski definition) is 0. The SMILES string of the molecule is Cc1cc(C=C(C#N)c2ccccc2F)c(C)n1-c1ccc(C(C)C)cc1. The van der Waals surface area contributed by atoms with Crippen molar-refractivity contribution >= 4 is 11.6 Å². The molecule has 0 radical (unpaired) electrons. The molecule has 0 unspecified atom stereocenters. The molecule has 3 aromatic rings. The van der Waals surface area contributed by atoms with Crippen molar-refractivity contribution in [2.24, 2.45) is 0 Å². The molecule has 0 amide bonds. The third kappa shape index (κ3) is 3.71. The topological polar surface area (TPSA) is 28.7 Å². The molecule has 0 aliphatic rings. The van der Waals surface area contributed by atoms with Gasteiger partial charge in [-0.1, -0.05) is 44.2 Å². The van der Waals surface area contributed by atoms with Crippen molar-refractivity contribution in [2.45, 2.75) is 33.6 Å². The molecular formula is C24H23FN2. The summed E-state index contributed by atoms with van der Waals surface area (Å²) < 4.78 is 16.2. The minimum atomic E-state index is -0.386. The van der Waals surface area contributed by atoms with Crippen LogP contribution in [0.2, 0.25) is 0 Å². The zero-order chi connectivity index (χ0) is 19.6. The maximum atomic E-state index is 14.1. The van der Waals surface area contributed by atoms with E-state index < -0.39 is 0 Å². The van der Waals surface area contributed by atoms with E-state index in [1.54, 1.807) is 24.3 Å². The third-order valence-corrected chi connectivity index (χ3v) is 4.87. The second kappa shape index (κ2) is 7.63. The van der Waals surface area contributed by atoms with Gasteiger partial charge in [0.25, 0.3) is 0 Å². The lowest BCUT2D eigenvalue weighted by atomic mass is 10.0. The summed E-state index contributed by atoms with van der Waals surface area (Å²) in [6.45, 7) is 8.41. The normalized spacial score (nSPS) is 11.7. The van der Waals surface area contributed by atoms with Crippen LogP contribution in [0.5, 0.6) is 0 Å². The molecule has 0 aliphatic heterocycles. The highest BCUT2D eigenvalue weighted by molar-refractivity contribution is 5.90. The molecule has 0 fully saturated rings. The summed E-state index contributed by atoms with van der Waals surface area (Å²) in [7, 11) is 0. The average molecular weight is 358 g/mol. The molecule has 0 saturated carbocycles. The smallest absolute Gasteiger partial charge is 0.131 e. The van der Waals surface area contributed by atoms with E-state index in [0.717, 1.165) is 22.6 Å². The van der Waals surface area contributed by atoms with Gasteiger partial charge in [0, 0.05) is 22.6 Å². The summed E-state index contributed by atoms with van der Waals surface area (Å²) in [6, 6.07) is 19.1. The molecule has 27 heavy (non-hydrogen) atoms. The standard InChI is InChI=1S/C24H23FN2/c1-16(2)19-9-11-22(12-10-19)27-17(3)13-20(18(27)4)14-21(15-26)23-7-5-6-8-24(23)25/h5-14,16H,1-4H3. The van der Waals surface area contributed by atoms with Crippen LogP contribution >= 0.6 is 0 Å². The number of halogens is 1. The Kier molecular flexibility index (Phi) is 5.28. The number of allylic oxidation sites excluding steroid dienone is 1. The molecule has 0 bridgehead atoms. The van der Waals surface area contributed by atoms with Crippen LogP contribution in [-0.2, 0) is 0 Å².